The third-order valence-electron chi connectivity index (χ3n) is 31.5. The monoisotopic (exact) mass is 1650 g/mol. The molecule has 0 heterocycles. The number of esters is 2. The topological polar surface area (TPSA) is 360 Å². The first-order valence-electron chi connectivity index (χ1n) is 43.5. The normalized spacial score (nSPS) is 40.9. The molecule has 12 aliphatic rings. The van der Waals surface area contributed by atoms with Gasteiger partial charge >= 0.3 is 17.9 Å². The molecule has 9 saturated carbocycles. The van der Waals surface area contributed by atoms with Crippen molar-refractivity contribution in [1.82, 2.24) is 0 Å². The number of halogens is 4. The SMILES string of the molecule is CCCCCCCCC(=O)O.CCCCCCCCC(=O)OCC(=O)[C@@]1(O)[C@H](C)C[C@H]2[C@@H]3CCC4=CC(=O)C=C[C@]4(C)[C@@]3(F)[C@@H](O)C[C@@]21C.CCCCCCN.C[C@@H]1C[C@H]2[C@@H]3CCC4=CC(=O)C=C[C@]4(C)[C@@]3(F)[C@@H](O)C[C@]2(C)[C@@]1(O)C(=O)CO.C[C@@H]1C[C@H]2[C@@H]3CCC4=CC(=O)C=C[C@]4(C)[C@@]3(F)[C@@H](O)C[C@]2(C)[C@@]1(O)C(=O)COC(=O)CCl. The minimum absolute atomic E-state index is 0.0676. The van der Waals surface area contributed by atoms with Crippen molar-refractivity contribution >= 4 is 64.2 Å². The molecular weight excluding hydrogens is 1520 g/mol. The zero-order chi connectivity index (χ0) is 86.4. The number of fused-ring (bicyclic) bond motifs is 15. The van der Waals surface area contributed by atoms with E-state index in [1.807, 2.05) is 0 Å². The summed E-state index contributed by atoms with van der Waals surface area (Å²) in [6.07, 6.45) is 31.8. The highest BCUT2D eigenvalue weighted by atomic mass is 35.5. The Bertz CT molecular complexity index is 3800. The fraction of sp³-hybridized carbons (Fsp3) is 0.772. The third-order valence-corrected chi connectivity index (χ3v) is 31.7. The van der Waals surface area contributed by atoms with E-state index in [4.69, 9.17) is 31.9 Å². The molecule has 0 aromatic carbocycles. The number of carboxylic acid groups (broad SMARTS) is 1. The number of carbonyl (C=O) groups excluding carboxylic acids is 8. The highest BCUT2D eigenvalue weighted by molar-refractivity contribution is 6.26. The summed E-state index contributed by atoms with van der Waals surface area (Å²) < 4.78 is 61.3. The van der Waals surface area contributed by atoms with E-state index in [0.29, 0.717) is 87.3 Å². The van der Waals surface area contributed by atoms with Crippen molar-refractivity contribution < 1.29 is 107 Å². The van der Waals surface area contributed by atoms with Gasteiger partial charge in [0.15, 0.2) is 53.4 Å². The Kier molecular flexibility index (Phi) is 31.4. The molecule has 0 spiro atoms. The highest BCUT2D eigenvalue weighted by Gasteiger charge is 2.79. The third kappa shape index (κ3) is 16.7. The zero-order valence-corrected chi connectivity index (χ0v) is 71.8. The molecule has 116 heavy (non-hydrogen) atoms. The number of hydrogen-bond donors (Lipinski definition) is 9. The largest absolute Gasteiger partial charge is 0.481 e. The van der Waals surface area contributed by atoms with Crippen LogP contribution in [0.1, 0.15) is 276 Å². The van der Waals surface area contributed by atoms with Gasteiger partial charge in [-0.15, -0.1) is 11.6 Å². The van der Waals surface area contributed by atoms with Gasteiger partial charge in [0.25, 0.3) is 0 Å². The summed E-state index contributed by atoms with van der Waals surface area (Å²) in [5.41, 5.74) is -10.7. The van der Waals surface area contributed by atoms with Crippen LogP contribution in [-0.2, 0) is 52.6 Å². The number of hydrogen-bond acceptors (Lipinski definition) is 19. The lowest BCUT2D eigenvalue weighted by atomic mass is 9.44. The molecule has 20 nitrogen and oxygen atoms in total. The maximum Gasteiger partial charge on any atom is 0.321 e. The molecule has 9 fully saturated rings. The lowest BCUT2D eigenvalue weighted by Gasteiger charge is -2.62. The number of nitrogens with two attached hydrogens (primary N) is 1. The highest BCUT2D eigenvalue weighted by Crippen LogP contribution is 2.74. The quantitative estimate of drug-likeness (QED) is 0.0209. The van der Waals surface area contributed by atoms with E-state index in [-0.39, 0.29) is 60.8 Å². The van der Waals surface area contributed by atoms with Gasteiger partial charge in [-0.25, -0.2) is 13.2 Å². The van der Waals surface area contributed by atoms with E-state index in [9.17, 15) is 78.9 Å². The fourth-order valence-corrected chi connectivity index (χ4v) is 24.9. The molecule has 0 bridgehead atoms. The van der Waals surface area contributed by atoms with Gasteiger partial charge in [-0.2, -0.15) is 0 Å². The number of unbranched alkanes of at least 4 members (excludes halogenated alkanes) is 13. The number of alkyl halides is 4. The summed E-state index contributed by atoms with van der Waals surface area (Å²) in [5.74, 6) is -8.89. The second-order valence-corrected chi connectivity index (χ2v) is 37.9. The van der Waals surface area contributed by atoms with Crippen LogP contribution in [0.5, 0.6) is 0 Å². The van der Waals surface area contributed by atoms with Gasteiger partial charge in [0.1, 0.15) is 29.3 Å². The van der Waals surface area contributed by atoms with E-state index in [1.165, 1.54) is 94.2 Å². The maximum atomic E-state index is 17.2. The molecule has 0 saturated heterocycles. The van der Waals surface area contributed by atoms with Gasteiger partial charge in [-0.05, 0) is 196 Å². The van der Waals surface area contributed by atoms with Crippen LogP contribution < -0.4 is 5.73 Å². The lowest BCUT2D eigenvalue weighted by Crippen LogP contribution is -2.69. The maximum absolute atomic E-state index is 17.2. The van der Waals surface area contributed by atoms with E-state index >= 15 is 13.2 Å². The molecule has 24 heteroatoms. The van der Waals surface area contributed by atoms with Crippen LogP contribution in [0.3, 0.4) is 0 Å². The number of ether oxygens (including phenoxy) is 2. The first-order chi connectivity index (χ1) is 54.4. The van der Waals surface area contributed by atoms with Gasteiger partial charge in [-0.3, -0.25) is 43.2 Å². The van der Waals surface area contributed by atoms with Gasteiger partial charge in [-0.1, -0.05) is 181 Å². The van der Waals surface area contributed by atoms with Crippen LogP contribution in [0.2, 0.25) is 0 Å². The molecule has 0 aliphatic heterocycles. The lowest BCUT2D eigenvalue weighted by molar-refractivity contribution is -0.220. The molecule has 12 aliphatic carbocycles. The molecule has 652 valence electrons. The number of aliphatic hydroxyl groups excluding tert-OH is 4. The summed E-state index contributed by atoms with van der Waals surface area (Å²) >= 11 is 5.43. The van der Waals surface area contributed by atoms with E-state index < -0.39 is 181 Å². The summed E-state index contributed by atoms with van der Waals surface area (Å²) in [6.45, 7) is 21.3. The van der Waals surface area contributed by atoms with Crippen molar-refractivity contribution in [3.8, 4) is 0 Å². The van der Waals surface area contributed by atoms with Gasteiger partial charge in [0.2, 0.25) is 11.6 Å². The van der Waals surface area contributed by atoms with Crippen molar-refractivity contribution in [3.63, 3.8) is 0 Å². The standard InChI is InChI=1S/C31H45FO6.C24H30ClFO6.C22H29FO5.C9H18O2.C6H15N/c1-5-6-7-8-9-10-11-27(36)38-19-26(35)31(37)20(2)16-24-23-13-12-21-17-22(33)14-15-28(21,3)30(23,32)25(34)18-29(24,31)4;1-13-8-17-16-5-4-14-9-15(27)6-7-21(14,2)23(16,26)18(28)10-22(17,3)24(13,31)19(29)12-32-20(30)11-25;1-12-8-16-15-5-4-13-9-14(25)6-7-19(13,2)21(15,23)17(26)10-20(16,3)22(12,28)18(27)11-24;1-2-3-4-5-6-7-8-9(10)11;1-2-3-4-5-6-7/h14-15,17,20,23-25,34,37H,5-13,16,18-19H2,1-4H3;6-7,9,13,16-18,28,31H,4-5,8,10-12H2,1-3H3;6-7,9,12,15-17,24,26,28H,4-5,8,10-11H2,1-3H3;2-8H2,1H3,(H,10,11);2-7H2,1H3/t20-,23+,24+,25+,28+,29+,30+,31+;13-,16+,17+,18+,21+,22+,23+,24+;12-,15+,16+,17+,19+,20+,21+,22+;;/m111../s1. The van der Waals surface area contributed by atoms with E-state index in [2.05, 4.69) is 20.8 Å². The van der Waals surface area contributed by atoms with Crippen molar-refractivity contribution in [2.45, 2.75) is 328 Å². The number of carboxylic acids is 1. The summed E-state index contributed by atoms with van der Waals surface area (Å²) in [5, 5.41) is 86.6. The first-order valence-corrected chi connectivity index (χ1v) is 44.0. The van der Waals surface area contributed by atoms with E-state index in [1.54, 1.807) is 80.5 Å². The van der Waals surface area contributed by atoms with E-state index in [0.717, 1.165) is 45.1 Å². The molecule has 0 radical (unpaired) electrons. The molecule has 12 rings (SSSR count). The minimum Gasteiger partial charge on any atom is -0.481 e. The van der Waals surface area contributed by atoms with Crippen LogP contribution in [0.4, 0.5) is 13.2 Å². The number of rotatable bonds is 27. The van der Waals surface area contributed by atoms with Crippen molar-refractivity contribution in [2.75, 3.05) is 32.2 Å². The Hall–Kier alpha value is -5.37. The van der Waals surface area contributed by atoms with Crippen LogP contribution >= 0.6 is 11.6 Å². The number of carbonyl (C=O) groups is 9. The van der Waals surface area contributed by atoms with Gasteiger partial charge in [0, 0.05) is 63.1 Å². The molecule has 10 N–H and O–H groups in total. The van der Waals surface area contributed by atoms with Gasteiger partial charge in [0.05, 0.1) is 18.3 Å². The Morgan fingerprint density at radius 3 is 1.05 bits per heavy atom. The number of aliphatic hydroxyl groups is 7. The Morgan fingerprint density at radius 2 is 0.750 bits per heavy atom. The number of Topliss-reactive ketones (excluding diaryl/α,β-unsaturated/α-hetero) is 3. The smallest absolute Gasteiger partial charge is 0.321 e. The Morgan fingerprint density at radius 1 is 0.457 bits per heavy atom. The second-order valence-electron chi connectivity index (χ2n) is 37.7. The van der Waals surface area contributed by atoms with Crippen LogP contribution in [0, 0.1) is 85.8 Å². The van der Waals surface area contributed by atoms with Crippen LogP contribution in [0.15, 0.2) is 71.4 Å². The predicted molar refractivity (Wildman–Crippen MR) is 435 cm³/mol. The Labute approximate surface area is 690 Å². The van der Waals surface area contributed by atoms with Crippen molar-refractivity contribution in [3.05, 3.63) is 71.4 Å². The zero-order valence-electron chi connectivity index (χ0n) is 71.0. The summed E-state index contributed by atoms with van der Waals surface area (Å²) in [7, 11) is 0. The average Bonchev–Trinajstić information content (AvgIpc) is 1.43. The molecule has 0 unspecified atom stereocenters. The summed E-state index contributed by atoms with van der Waals surface area (Å²) in [6, 6.07) is 0. The molecule has 24 atom stereocenters. The van der Waals surface area contributed by atoms with Crippen molar-refractivity contribution in [2.24, 2.45) is 91.5 Å². The van der Waals surface area contributed by atoms with Crippen molar-refractivity contribution in [1.29, 1.82) is 0 Å². The van der Waals surface area contributed by atoms with Crippen LogP contribution in [0.25, 0.3) is 0 Å². The van der Waals surface area contributed by atoms with Gasteiger partial charge < -0.3 is 56.1 Å². The second kappa shape index (κ2) is 38.0. The average molecular weight is 1650 g/mol. The number of allylic oxidation sites excluding steroid dienone is 12. The molecule has 0 aromatic heterocycles. The summed E-state index contributed by atoms with van der Waals surface area (Å²) in [4.78, 5) is 109. The number of aliphatic carboxylic acids is 1. The first kappa shape index (κ1) is 96.1. The molecular formula is C92H137ClF3NO19. The van der Waals surface area contributed by atoms with Crippen LogP contribution in [-0.4, -0.2) is 178 Å². The minimum atomic E-state index is -2.03. The predicted octanol–water partition coefficient (Wildman–Crippen LogP) is 14.1. The fourth-order valence-electron chi connectivity index (χ4n) is 24.8. The number of ketones is 6. The molecule has 0 aromatic rings. The molecule has 0 amide bonds. The Balaban J connectivity index is 0.000000197.